The zero-order valence-corrected chi connectivity index (χ0v) is 12.3. The van der Waals surface area contributed by atoms with Gasteiger partial charge in [0.1, 0.15) is 0 Å². The summed E-state index contributed by atoms with van der Waals surface area (Å²) in [5.41, 5.74) is 6.37. The van der Waals surface area contributed by atoms with Gasteiger partial charge in [-0.25, -0.2) is 0 Å². The first-order valence-corrected chi connectivity index (χ1v) is 7.46. The molecular weight excluding hydrogens is 260 g/mol. The Morgan fingerprint density at radius 2 is 2.00 bits per heavy atom. The first kappa shape index (κ1) is 12.5. The monoisotopic (exact) mass is 278 g/mol. The second-order valence-corrected chi connectivity index (χ2v) is 5.99. The minimum absolute atomic E-state index is 0.00701. The van der Waals surface area contributed by atoms with Gasteiger partial charge in [-0.2, -0.15) is 0 Å². The topological polar surface area (TPSA) is 34.0 Å². The second-order valence-electron chi connectivity index (χ2n) is 5.99. The number of aryl methyl sites for hydroxylation is 1. The average molecular weight is 278 g/mol. The molecule has 21 heavy (non-hydrogen) atoms. The highest BCUT2D eigenvalue weighted by atomic mass is 16.2. The molecule has 0 saturated heterocycles. The van der Waals surface area contributed by atoms with E-state index in [9.17, 15) is 4.79 Å². The van der Waals surface area contributed by atoms with Gasteiger partial charge in [-0.15, -0.1) is 0 Å². The fourth-order valence-electron chi connectivity index (χ4n) is 3.28. The number of para-hydroxylation sites is 1. The van der Waals surface area contributed by atoms with Crippen LogP contribution in [0.1, 0.15) is 41.4 Å². The van der Waals surface area contributed by atoms with Gasteiger partial charge in [-0.1, -0.05) is 18.2 Å². The molecule has 2 aromatic rings. The number of nitrogens with zero attached hydrogens (tertiary/aromatic N) is 1. The van der Waals surface area contributed by atoms with Gasteiger partial charge < -0.3 is 9.88 Å². The molecule has 1 N–H and O–H groups in total. The van der Waals surface area contributed by atoms with Crippen molar-refractivity contribution >= 4 is 23.2 Å². The summed E-state index contributed by atoms with van der Waals surface area (Å²) in [6, 6.07) is 10.7. The van der Waals surface area contributed by atoms with E-state index in [1.807, 2.05) is 30.3 Å². The number of nitrogens with one attached hydrogen (secondary N) is 1. The number of hydrogen-bond donors (Lipinski definition) is 1. The lowest BCUT2D eigenvalue weighted by Crippen LogP contribution is -2.03. The van der Waals surface area contributed by atoms with Crippen molar-refractivity contribution in [1.29, 1.82) is 0 Å². The van der Waals surface area contributed by atoms with E-state index in [0.717, 1.165) is 22.4 Å². The summed E-state index contributed by atoms with van der Waals surface area (Å²) in [6.07, 6.45) is 4.58. The number of amides is 1. The Bertz CT molecular complexity index is 779. The van der Waals surface area contributed by atoms with Gasteiger partial charge in [0.25, 0.3) is 5.91 Å². The molecule has 1 aromatic carbocycles. The molecule has 106 valence electrons. The highest BCUT2D eigenvalue weighted by Crippen LogP contribution is 2.39. The maximum absolute atomic E-state index is 12.2. The SMILES string of the molecule is Cc1cc(C=C2C(=O)Nc3ccccc32)c(C)n1C1CC1. The normalized spacial score (nSPS) is 19.0. The Morgan fingerprint density at radius 1 is 1.24 bits per heavy atom. The number of rotatable bonds is 2. The lowest BCUT2D eigenvalue weighted by molar-refractivity contribution is -0.110. The summed E-state index contributed by atoms with van der Waals surface area (Å²) in [5, 5.41) is 2.93. The highest BCUT2D eigenvalue weighted by molar-refractivity contribution is 6.34. The number of benzene rings is 1. The summed E-state index contributed by atoms with van der Waals surface area (Å²) in [6.45, 7) is 4.30. The predicted octanol–water partition coefficient (Wildman–Crippen LogP) is 3.93. The van der Waals surface area contributed by atoms with E-state index in [1.165, 1.54) is 24.2 Å². The third-order valence-electron chi connectivity index (χ3n) is 4.45. The summed E-state index contributed by atoms with van der Waals surface area (Å²) in [4.78, 5) is 12.2. The molecule has 0 unspecified atom stereocenters. The smallest absolute Gasteiger partial charge is 0.256 e. The molecule has 3 heteroatoms. The average Bonchev–Trinajstić information content (AvgIpc) is 3.18. The molecule has 1 saturated carbocycles. The lowest BCUT2D eigenvalue weighted by atomic mass is 10.0. The van der Waals surface area contributed by atoms with Crippen LogP contribution in [-0.2, 0) is 4.79 Å². The third kappa shape index (κ3) is 1.92. The quantitative estimate of drug-likeness (QED) is 0.830. The molecule has 3 nitrogen and oxygen atoms in total. The zero-order chi connectivity index (χ0) is 14.6. The summed E-state index contributed by atoms with van der Waals surface area (Å²) < 4.78 is 2.41. The number of anilines is 1. The highest BCUT2D eigenvalue weighted by Gasteiger charge is 2.28. The number of carbonyl (C=O) groups excluding carboxylic acids is 1. The molecule has 1 aromatic heterocycles. The van der Waals surface area contributed by atoms with Crippen LogP contribution in [0, 0.1) is 13.8 Å². The number of aromatic nitrogens is 1. The Balaban J connectivity index is 1.82. The van der Waals surface area contributed by atoms with E-state index in [0.29, 0.717) is 6.04 Å². The third-order valence-corrected chi connectivity index (χ3v) is 4.45. The number of carbonyl (C=O) groups is 1. The van der Waals surface area contributed by atoms with E-state index in [1.54, 1.807) is 0 Å². The van der Waals surface area contributed by atoms with E-state index in [2.05, 4.69) is 29.8 Å². The van der Waals surface area contributed by atoms with Crippen molar-refractivity contribution in [2.75, 3.05) is 5.32 Å². The zero-order valence-electron chi connectivity index (χ0n) is 12.3. The van der Waals surface area contributed by atoms with Gasteiger partial charge in [0.15, 0.2) is 0 Å². The Kier molecular flexibility index (Phi) is 2.58. The van der Waals surface area contributed by atoms with Crippen molar-refractivity contribution in [3.05, 3.63) is 52.8 Å². The molecule has 0 radical (unpaired) electrons. The van der Waals surface area contributed by atoms with Crippen LogP contribution in [0.25, 0.3) is 11.6 Å². The van der Waals surface area contributed by atoms with E-state index >= 15 is 0 Å². The number of hydrogen-bond acceptors (Lipinski definition) is 1. The molecule has 1 fully saturated rings. The van der Waals surface area contributed by atoms with Gasteiger partial charge in [0, 0.05) is 34.3 Å². The van der Waals surface area contributed by atoms with Crippen molar-refractivity contribution < 1.29 is 4.79 Å². The Labute approximate surface area is 124 Å². The van der Waals surface area contributed by atoms with Crippen LogP contribution in [-0.4, -0.2) is 10.5 Å². The molecule has 0 atom stereocenters. The van der Waals surface area contributed by atoms with Gasteiger partial charge in [0.05, 0.1) is 0 Å². The molecule has 0 bridgehead atoms. The first-order chi connectivity index (χ1) is 10.1. The van der Waals surface area contributed by atoms with Crippen molar-refractivity contribution in [1.82, 2.24) is 4.57 Å². The van der Waals surface area contributed by atoms with E-state index in [-0.39, 0.29) is 5.91 Å². The molecule has 2 heterocycles. The van der Waals surface area contributed by atoms with Crippen LogP contribution in [0.5, 0.6) is 0 Å². The number of fused-ring (bicyclic) bond motifs is 1. The predicted molar refractivity (Wildman–Crippen MR) is 85.1 cm³/mol. The van der Waals surface area contributed by atoms with Gasteiger partial charge in [0.2, 0.25) is 0 Å². The summed E-state index contributed by atoms with van der Waals surface area (Å²) >= 11 is 0. The van der Waals surface area contributed by atoms with Crippen LogP contribution in [0.15, 0.2) is 30.3 Å². The Hall–Kier alpha value is -2.29. The van der Waals surface area contributed by atoms with E-state index in [4.69, 9.17) is 0 Å². The summed E-state index contributed by atoms with van der Waals surface area (Å²) in [5.74, 6) is -0.00701. The van der Waals surface area contributed by atoms with Crippen molar-refractivity contribution in [2.24, 2.45) is 0 Å². The van der Waals surface area contributed by atoms with Crippen molar-refractivity contribution in [3.8, 4) is 0 Å². The van der Waals surface area contributed by atoms with Crippen molar-refractivity contribution in [2.45, 2.75) is 32.7 Å². The van der Waals surface area contributed by atoms with Crippen LogP contribution < -0.4 is 5.32 Å². The maximum Gasteiger partial charge on any atom is 0.256 e. The van der Waals surface area contributed by atoms with Crippen LogP contribution in [0.2, 0.25) is 0 Å². The van der Waals surface area contributed by atoms with Crippen LogP contribution in [0.4, 0.5) is 5.69 Å². The van der Waals surface area contributed by atoms with Crippen LogP contribution in [0.3, 0.4) is 0 Å². The van der Waals surface area contributed by atoms with Crippen molar-refractivity contribution in [3.63, 3.8) is 0 Å². The van der Waals surface area contributed by atoms with Gasteiger partial charge in [-0.3, -0.25) is 4.79 Å². The Morgan fingerprint density at radius 3 is 2.76 bits per heavy atom. The minimum Gasteiger partial charge on any atom is -0.346 e. The molecule has 1 aliphatic carbocycles. The molecule has 1 amide bonds. The molecule has 0 spiro atoms. The standard InChI is InChI=1S/C18H18N2O/c1-11-9-13(12(2)20(11)14-7-8-14)10-16-15-5-3-4-6-17(15)19-18(16)21/h3-6,9-10,14H,7-8H2,1-2H3,(H,19,21). The van der Waals surface area contributed by atoms with Gasteiger partial charge >= 0.3 is 0 Å². The fourth-order valence-corrected chi connectivity index (χ4v) is 3.28. The molecule has 2 aliphatic rings. The molecule has 4 rings (SSSR count). The maximum atomic E-state index is 12.2. The minimum atomic E-state index is -0.00701. The lowest BCUT2D eigenvalue weighted by Gasteiger charge is -2.06. The molecular formula is C18H18N2O. The largest absolute Gasteiger partial charge is 0.346 e. The van der Waals surface area contributed by atoms with Gasteiger partial charge in [-0.05, 0) is 50.5 Å². The van der Waals surface area contributed by atoms with E-state index < -0.39 is 0 Å². The first-order valence-electron chi connectivity index (χ1n) is 7.46. The summed E-state index contributed by atoms with van der Waals surface area (Å²) in [7, 11) is 0. The molecule has 1 aliphatic heterocycles. The second kappa shape index (κ2) is 4.35. The fraction of sp³-hybridized carbons (Fsp3) is 0.278. The van der Waals surface area contributed by atoms with Crippen LogP contribution >= 0.6 is 0 Å².